The summed E-state index contributed by atoms with van der Waals surface area (Å²) in [5.41, 5.74) is 2.80. The molecule has 1 aromatic heterocycles. The second-order valence-corrected chi connectivity index (χ2v) is 8.40. The van der Waals surface area contributed by atoms with Crippen LogP contribution in [0, 0.1) is 0 Å². The fourth-order valence-corrected chi connectivity index (χ4v) is 3.73. The van der Waals surface area contributed by atoms with Gasteiger partial charge in [-0.25, -0.2) is 4.68 Å². The molecule has 1 atom stereocenters. The summed E-state index contributed by atoms with van der Waals surface area (Å²) in [6.07, 6.45) is -2.25. The highest BCUT2D eigenvalue weighted by Crippen LogP contribution is 2.28. The highest BCUT2D eigenvalue weighted by molar-refractivity contribution is 6.30. The molecule has 0 fully saturated rings. The molecule has 3 aromatic carbocycles. The van der Waals surface area contributed by atoms with Crippen LogP contribution in [0.2, 0.25) is 5.02 Å². The van der Waals surface area contributed by atoms with E-state index in [4.69, 9.17) is 11.6 Å². The molecule has 0 bridgehead atoms. The second kappa shape index (κ2) is 10.8. The Morgan fingerprint density at radius 3 is 2.14 bits per heavy atom. The molecule has 4 rings (SSSR count). The van der Waals surface area contributed by atoms with Gasteiger partial charge >= 0.3 is 12.3 Å². The first kappa shape index (κ1) is 25.8. The Kier molecular flexibility index (Phi) is 7.49. The number of hydrogen-bond acceptors (Lipinski definition) is 4. The third kappa shape index (κ3) is 6.89. The van der Waals surface area contributed by atoms with Gasteiger partial charge in [0.15, 0.2) is 0 Å². The lowest BCUT2D eigenvalue weighted by molar-refractivity contribution is -0.274. The highest BCUT2D eigenvalue weighted by atomic mass is 35.5. The number of ether oxygens (including phenoxy) is 1. The number of halogens is 4. The Bertz CT molecular complexity index is 1390. The summed E-state index contributed by atoms with van der Waals surface area (Å²) in [7, 11) is 0. The normalized spacial score (nSPS) is 12.1. The number of rotatable bonds is 8. The predicted octanol–water partition coefficient (Wildman–Crippen LogP) is 6.04. The van der Waals surface area contributed by atoms with E-state index in [-0.39, 0.29) is 17.7 Å². The average molecular weight is 530 g/mol. The van der Waals surface area contributed by atoms with Gasteiger partial charge in [0, 0.05) is 11.2 Å². The molecule has 1 amide bonds. The van der Waals surface area contributed by atoms with E-state index in [0.29, 0.717) is 27.4 Å². The van der Waals surface area contributed by atoms with Crippen LogP contribution in [-0.4, -0.2) is 33.1 Å². The van der Waals surface area contributed by atoms with E-state index in [1.165, 1.54) is 41.3 Å². The first-order valence-electron chi connectivity index (χ1n) is 10.9. The van der Waals surface area contributed by atoms with Crippen LogP contribution in [0.1, 0.15) is 28.4 Å². The molecule has 0 aliphatic carbocycles. The lowest BCUT2D eigenvalue weighted by atomic mass is 9.99. The van der Waals surface area contributed by atoms with Gasteiger partial charge in [0.1, 0.15) is 5.75 Å². The lowest BCUT2D eigenvalue weighted by Crippen LogP contribution is -2.30. The summed E-state index contributed by atoms with van der Waals surface area (Å²) >= 11 is 5.90. The molecule has 1 unspecified atom stereocenters. The first-order chi connectivity index (χ1) is 17.6. The molecule has 2 N–H and O–H groups in total. The molecule has 4 aromatic rings. The SMILES string of the molecule is O=C(O)CC(NC(=O)c1cnn(-c2ccc(Cl)cc2)c1)c1ccc(-c2ccc(OC(F)(F)F)cc2)cc1. The zero-order chi connectivity index (χ0) is 26.6. The number of aromatic nitrogens is 2. The van der Waals surface area contributed by atoms with E-state index < -0.39 is 24.3 Å². The van der Waals surface area contributed by atoms with E-state index in [2.05, 4.69) is 15.2 Å². The Morgan fingerprint density at radius 1 is 0.973 bits per heavy atom. The molecule has 0 aliphatic rings. The highest BCUT2D eigenvalue weighted by Gasteiger charge is 2.31. The van der Waals surface area contributed by atoms with Crippen molar-refractivity contribution in [2.24, 2.45) is 0 Å². The minimum absolute atomic E-state index is 0.239. The summed E-state index contributed by atoms with van der Waals surface area (Å²) in [6.45, 7) is 0. The molecule has 0 aliphatic heterocycles. The number of aliphatic carboxylic acids is 1. The van der Waals surface area contributed by atoms with Crippen LogP contribution in [-0.2, 0) is 4.79 Å². The fourth-order valence-electron chi connectivity index (χ4n) is 3.60. The molecular weight excluding hydrogens is 511 g/mol. The number of amides is 1. The van der Waals surface area contributed by atoms with Crippen molar-refractivity contribution in [1.29, 1.82) is 0 Å². The van der Waals surface area contributed by atoms with Gasteiger partial charge in [0.2, 0.25) is 0 Å². The van der Waals surface area contributed by atoms with Gasteiger partial charge in [0.25, 0.3) is 5.91 Å². The second-order valence-electron chi connectivity index (χ2n) is 7.97. The van der Waals surface area contributed by atoms with E-state index >= 15 is 0 Å². The van der Waals surface area contributed by atoms with Crippen LogP contribution in [0.15, 0.2) is 85.2 Å². The number of carbonyl (C=O) groups is 2. The van der Waals surface area contributed by atoms with Gasteiger partial charge < -0.3 is 15.2 Å². The molecule has 37 heavy (non-hydrogen) atoms. The van der Waals surface area contributed by atoms with Crippen molar-refractivity contribution in [1.82, 2.24) is 15.1 Å². The monoisotopic (exact) mass is 529 g/mol. The molecule has 190 valence electrons. The quantitative estimate of drug-likeness (QED) is 0.290. The lowest BCUT2D eigenvalue weighted by Gasteiger charge is -2.17. The van der Waals surface area contributed by atoms with Crippen LogP contribution < -0.4 is 10.1 Å². The molecule has 0 saturated heterocycles. The third-order valence-corrected chi connectivity index (χ3v) is 5.61. The number of benzene rings is 3. The third-order valence-electron chi connectivity index (χ3n) is 5.35. The zero-order valence-electron chi connectivity index (χ0n) is 18.9. The standard InChI is InChI=1S/C26H19ClF3N3O4/c27-20-7-9-21(10-8-20)33-15-19(14-31-33)25(36)32-23(13-24(34)35)18-3-1-16(2-4-18)17-5-11-22(12-6-17)37-26(28,29)30/h1-12,14-15,23H,13H2,(H,32,36)(H,34,35). The predicted molar refractivity (Wildman–Crippen MR) is 130 cm³/mol. The van der Waals surface area contributed by atoms with Gasteiger partial charge in [-0.2, -0.15) is 5.10 Å². The van der Waals surface area contributed by atoms with E-state index in [0.717, 1.165) is 0 Å². The van der Waals surface area contributed by atoms with Crippen molar-refractivity contribution in [2.45, 2.75) is 18.8 Å². The van der Waals surface area contributed by atoms with E-state index in [1.54, 1.807) is 48.5 Å². The van der Waals surface area contributed by atoms with E-state index in [1.807, 2.05) is 0 Å². The molecule has 7 nitrogen and oxygen atoms in total. The number of hydrogen-bond donors (Lipinski definition) is 2. The van der Waals surface area contributed by atoms with Crippen LogP contribution >= 0.6 is 11.6 Å². The first-order valence-corrected chi connectivity index (χ1v) is 11.2. The van der Waals surface area contributed by atoms with Gasteiger partial charge in [-0.1, -0.05) is 48.0 Å². The fraction of sp³-hybridized carbons (Fsp3) is 0.115. The molecule has 0 radical (unpaired) electrons. The average Bonchev–Trinajstić information content (AvgIpc) is 3.34. The number of alkyl halides is 3. The van der Waals surface area contributed by atoms with Gasteiger partial charge in [-0.15, -0.1) is 13.2 Å². The summed E-state index contributed by atoms with van der Waals surface area (Å²) < 4.78 is 42.5. The number of carboxylic acid groups (broad SMARTS) is 1. The van der Waals surface area contributed by atoms with Crippen molar-refractivity contribution in [3.8, 4) is 22.6 Å². The number of carboxylic acids is 1. The van der Waals surface area contributed by atoms with Crippen molar-refractivity contribution in [2.75, 3.05) is 0 Å². The summed E-state index contributed by atoms with van der Waals surface area (Å²) in [6, 6.07) is 18.1. The zero-order valence-corrected chi connectivity index (χ0v) is 19.7. The van der Waals surface area contributed by atoms with Gasteiger partial charge in [-0.05, 0) is 53.1 Å². The Balaban J connectivity index is 1.48. The van der Waals surface area contributed by atoms with Crippen molar-refractivity contribution < 1.29 is 32.6 Å². The smallest absolute Gasteiger partial charge is 0.481 e. The van der Waals surface area contributed by atoms with Crippen LogP contribution in [0.5, 0.6) is 5.75 Å². The number of nitrogens with zero attached hydrogens (tertiary/aromatic N) is 2. The van der Waals surface area contributed by atoms with Crippen LogP contribution in [0.25, 0.3) is 16.8 Å². The van der Waals surface area contributed by atoms with Crippen LogP contribution in [0.4, 0.5) is 13.2 Å². The molecule has 0 spiro atoms. The Hall–Kier alpha value is -4.31. The van der Waals surface area contributed by atoms with Crippen molar-refractivity contribution in [3.63, 3.8) is 0 Å². The van der Waals surface area contributed by atoms with E-state index in [9.17, 15) is 27.9 Å². The number of carbonyl (C=O) groups excluding carboxylic acids is 1. The molecule has 0 saturated carbocycles. The largest absolute Gasteiger partial charge is 0.573 e. The summed E-state index contributed by atoms with van der Waals surface area (Å²) in [4.78, 5) is 24.3. The number of nitrogens with one attached hydrogen (secondary N) is 1. The Morgan fingerprint density at radius 2 is 1.57 bits per heavy atom. The maximum Gasteiger partial charge on any atom is 0.573 e. The maximum absolute atomic E-state index is 12.9. The van der Waals surface area contributed by atoms with Gasteiger partial charge in [0.05, 0.1) is 29.9 Å². The molecule has 1 heterocycles. The minimum atomic E-state index is -4.78. The summed E-state index contributed by atoms with van der Waals surface area (Å²) in [5.74, 6) is -1.95. The maximum atomic E-state index is 12.9. The van der Waals surface area contributed by atoms with Crippen molar-refractivity contribution in [3.05, 3.63) is 101 Å². The van der Waals surface area contributed by atoms with Crippen LogP contribution in [0.3, 0.4) is 0 Å². The minimum Gasteiger partial charge on any atom is -0.481 e. The topological polar surface area (TPSA) is 93.5 Å². The van der Waals surface area contributed by atoms with Gasteiger partial charge in [-0.3, -0.25) is 9.59 Å². The molecule has 11 heteroatoms. The van der Waals surface area contributed by atoms with Crippen molar-refractivity contribution >= 4 is 23.5 Å². The Labute approximate surface area is 214 Å². The molecular formula is C26H19ClF3N3O4. The summed E-state index contributed by atoms with van der Waals surface area (Å²) in [5, 5.41) is 16.8.